The molecule has 0 fully saturated rings. The van der Waals surface area contributed by atoms with Crippen molar-refractivity contribution in [1.29, 1.82) is 0 Å². The number of urea groups is 1. The number of hydrogen-bond donors (Lipinski definition) is 2. The molecule has 98 valence electrons. The van der Waals surface area contributed by atoms with E-state index in [0.717, 1.165) is 5.69 Å². The maximum atomic E-state index is 11.8. The van der Waals surface area contributed by atoms with Crippen molar-refractivity contribution in [3.05, 3.63) is 59.6 Å². The predicted molar refractivity (Wildman–Crippen MR) is 78.5 cm³/mol. The summed E-state index contributed by atoms with van der Waals surface area (Å²) in [6.45, 7) is 0. The fourth-order valence-corrected chi connectivity index (χ4v) is 1.69. The average Bonchev–Trinajstić information content (AvgIpc) is 2.42. The van der Waals surface area contributed by atoms with Crippen LogP contribution in [0.4, 0.5) is 16.2 Å². The predicted octanol–water partition coefficient (Wildman–Crippen LogP) is 3.51. The van der Waals surface area contributed by atoms with E-state index in [4.69, 9.17) is 11.6 Å². The maximum Gasteiger partial charge on any atom is 0.338 e. The van der Waals surface area contributed by atoms with Crippen molar-refractivity contribution in [3.63, 3.8) is 0 Å². The zero-order valence-corrected chi connectivity index (χ0v) is 11.2. The molecule has 0 radical (unpaired) electrons. The van der Waals surface area contributed by atoms with Gasteiger partial charge in [-0.25, -0.2) is 10.2 Å². The monoisotopic (exact) mass is 275 g/mol. The lowest BCUT2D eigenvalue weighted by atomic mass is 10.3. The highest BCUT2D eigenvalue weighted by Gasteiger charge is 2.05. The summed E-state index contributed by atoms with van der Waals surface area (Å²) in [6.07, 6.45) is 0. The third-order valence-corrected chi connectivity index (χ3v) is 2.77. The number of halogens is 1. The summed E-state index contributed by atoms with van der Waals surface area (Å²) < 4.78 is 0. The molecule has 2 N–H and O–H groups in total. The van der Waals surface area contributed by atoms with Gasteiger partial charge in [0.05, 0.1) is 5.69 Å². The Morgan fingerprint density at radius 2 is 1.68 bits per heavy atom. The Balaban J connectivity index is 1.93. The number of nitrogens with zero attached hydrogens (tertiary/aromatic N) is 1. The summed E-state index contributed by atoms with van der Waals surface area (Å²) in [7, 11) is 1.77. The van der Waals surface area contributed by atoms with Gasteiger partial charge in [-0.1, -0.05) is 29.8 Å². The highest BCUT2D eigenvalue weighted by molar-refractivity contribution is 6.30. The van der Waals surface area contributed by atoms with Crippen LogP contribution in [0.25, 0.3) is 0 Å². The van der Waals surface area contributed by atoms with Crippen LogP contribution in [0.2, 0.25) is 5.02 Å². The van der Waals surface area contributed by atoms with E-state index in [-0.39, 0.29) is 6.03 Å². The van der Waals surface area contributed by atoms with Gasteiger partial charge in [0.2, 0.25) is 0 Å². The normalized spacial score (nSPS) is 9.79. The zero-order valence-electron chi connectivity index (χ0n) is 10.4. The van der Waals surface area contributed by atoms with Crippen LogP contribution < -0.4 is 15.8 Å². The fourth-order valence-electron chi connectivity index (χ4n) is 1.56. The summed E-state index contributed by atoms with van der Waals surface area (Å²) >= 11 is 5.78. The minimum absolute atomic E-state index is 0.311. The van der Waals surface area contributed by atoms with Gasteiger partial charge < -0.3 is 5.32 Å². The lowest BCUT2D eigenvalue weighted by Gasteiger charge is -2.20. The van der Waals surface area contributed by atoms with Crippen LogP contribution in [0.1, 0.15) is 0 Å². The lowest BCUT2D eigenvalue weighted by Crippen LogP contribution is -2.41. The van der Waals surface area contributed by atoms with Gasteiger partial charge in [-0.2, -0.15) is 0 Å². The highest BCUT2D eigenvalue weighted by Crippen LogP contribution is 2.13. The van der Waals surface area contributed by atoms with Gasteiger partial charge in [0.15, 0.2) is 0 Å². The van der Waals surface area contributed by atoms with E-state index < -0.39 is 0 Å². The highest BCUT2D eigenvalue weighted by atomic mass is 35.5. The molecule has 0 aliphatic carbocycles. The largest absolute Gasteiger partial charge is 0.338 e. The van der Waals surface area contributed by atoms with Crippen LogP contribution in [0.15, 0.2) is 54.6 Å². The summed E-state index contributed by atoms with van der Waals surface area (Å²) in [5, 5.41) is 5.00. The number of hydrazine groups is 1. The third-order valence-electron chi connectivity index (χ3n) is 2.51. The Hall–Kier alpha value is -2.20. The maximum absolute atomic E-state index is 11.8. The molecule has 19 heavy (non-hydrogen) atoms. The first-order chi connectivity index (χ1) is 9.15. The average molecular weight is 276 g/mol. The molecule has 0 aliphatic heterocycles. The second-order valence-corrected chi connectivity index (χ2v) is 4.40. The number of rotatable bonds is 3. The summed E-state index contributed by atoms with van der Waals surface area (Å²) in [6, 6.07) is 16.2. The molecule has 2 aromatic carbocycles. The van der Waals surface area contributed by atoms with Gasteiger partial charge in [0.25, 0.3) is 0 Å². The second-order valence-electron chi connectivity index (χ2n) is 3.97. The quantitative estimate of drug-likeness (QED) is 0.842. The topological polar surface area (TPSA) is 44.4 Å². The SMILES string of the molecule is CN(NC(=O)Nc1ccc(Cl)cc1)c1ccccc1. The standard InChI is InChI=1S/C14H14ClN3O/c1-18(13-5-3-2-4-6-13)17-14(19)16-12-9-7-11(15)8-10-12/h2-10H,1H3,(H2,16,17,19). The number of carbonyl (C=O) groups is 1. The molecule has 0 saturated heterocycles. The molecule has 0 unspecified atom stereocenters. The van der Waals surface area contributed by atoms with Crippen molar-refractivity contribution in [1.82, 2.24) is 5.43 Å². The van der Waals surface area contributed by atoms with Crippen molar-refractivity contribution in [2.45, 2.75) is 0 Å². The van der Waals surface area contributed by atoms with Crippen molar-refractivity contribution < 1.29 is 4.79 Å². The van der Waals surface area contributed by atoms with Crippen LogP contribution in [-0.2, 0) is 0 Å². The second kappa shape index (κ2) is 6.11. The van der Waals surface area contributed by atoms with Gasteiger partial charge in [0, 0.05) is 17.8 Å². The van der Waals surface area contributed by atoms with Crippen molar-refractivity contribution in [2.75, 3.05) is 17.4 Å². The van der Waals surface area contributed by atoms with Gasteiger partial charge in [-0.05, 0) is 36.4 Å². The number of para-hydroxylation sites is 1. The Morgan fingerprint density at radius 1 is 1.05 bits per heavy atom. The van der Waals surface area contributed by atoms with Crippen LogP contribution in [-0.4, -0.2) is 13.1 Å². The van der Waals surface area contributed by atoms with E-state index in [1.807, 2.05) is 30.3 Å². The molecule has 2 amide bonds. The zero-order chi connectivity index (χ0) is 13.7. The number of amides is 2. The van der Waals surface area contributed by atoms with E-state index in [0.29, 0.717) is 10.7 Å². The number of hydrogen-bond acceptors (Lipinski definition) is 2. The van der Waals surface area contributed by atoms with Crippen LogP contribution in [0.3, 0.4) is 0 Å². The minimum atomic E-state index is -0.311. The lowest BCUT2D eigenvalue weighted by molar-refractivity contribution is 0.252. The van der Waals surface area contributed by atoms with Gasteiger partial charge >= 0.3 is 6.03 Å². The molecule has 2 aromatic rings. The molecule has 4 nitrogen and oxygen atoms in total. The number of nitrogens with one attached hydrogen (secondary N) is 2. The van der Waals surface area contributed by atoms with Gasteiger partial charge in [-0.15, -0.1) is 0 Å². The molecule has 0 saturated carbocycles. The smallest absolute Gasteiger partial charge is 0.307 e. The van der Waals surface area contributed by atoms with Crippen molar-refractivity contribution in [2.24, 2.45) is 0 Å². The molecule has 0 spiro atoms. The van der Waals surface area contributed by atoms with E-state index in [9.17, 15) is 4.79 Å². The van der Waals surface area contributed by atoms with E-state index in [1.54, 1.807) is 36.3 Å². The molecule has 0 atom stereocenters. The Labute approximate surface area is 117 Å². The fraction of sp³-hybridized carbons (Fsp3) is 0.0714. The first kappa shape index (κ1) is 13.2. The number of anilines is 2. The summed E-state index contributed by atoms with van der Waals surface area (Å²) in [4.78, 5) is 11.8. The first-order valence-corrected chi connectivity index (χ1v) is 6.15. The van der Waals surface area contributed by atoms with Crippen molar-refractivity contribution in [3.8, 4) is 0 Å². The van der Waals surface area contributed by atoms with E-state index in [1.165, 1.54) is 0 Å². The van der Waals surface area contributed by atoms with E-state index >= 15 is 0 Å². The molecule has 2 rings (SSSR count). The molecule has 0 aromatic heterocycles. The number of benzene rings is 2. The summed E-state index contributed by atoms with van der Waals surface area (Å²) in [5.74, 6) is 0. The molecule has 0 bridgehead atoms. The van der Waals surface area contributed by atoms with Gasteiger partial charge in [0.1, 0.15) is 0 Å². The molecular weight excluding hydrogens is 262 g/mol. The minimum Gasteiger partial charge on any atom is -0.307 e. The molecular formula is C14H14ClN3O. The summed E-state index contributed by atoms with van der Waals surface area (Å²) in [5.41, 5.74) is 4.29. The molecule has 0 aliphatic rings. The molecule has 5 heteroatoms. The van der Waals surface area contributed by atoms with Gasteiger partial charge in [-0.3, -0.25) is 5.01 Å². The van der Waals surface area contributed by atoms with Crippen LogP contribution in [0, 0.1) is 0 Å². The Bertz CT molecular complexity index is 542. The van der Waals surface area contributed by atoms with Crippen LogP contribution >= 0.6 is 11.6 Å². The Morgan fingerprint density at radius 3 is 2.32 bits per heavy atom. The first-order valence-electron chi connectivity index (χ1n) is 5.77. The van der Waals surface area contributed by atoms with Crippen LogP contribution in [0.5, 0.6) is 0 Å². The van der Waals surface area contributed by atoms with E-state index in [2.05, 4.69) is 10.7 Å². The number of carbonyl (C=O) groups excluding carboxylic acids is 1. The Kier molecular flexibility index (Phi) is 4.26. The third kappa shape index (κ3) is 3.89. The molecule has 0 heterocycles. The van der Waals surface area contributed by atoms with Crippen molar-refractivity contribution >= 4 is 29.0 Å².